The number of anilines is 1. The molecule has 3 rings (SSSR count). The second-order valence-corrected chi connectivity index (χ2v) is 8.91. The van der Waals surface area contributed by atoms with Crippen LogP contribution in [0.25, 0.3) is 11.6 Å². The van der Waals surface area contributed by atoms with Crippen LogP contribution in [0.1, 0.15) is 56.7 Å². The highest BCUT2D eigenvalue weighted by atomic mass is 79.9. The average molecular weight is 439 g/mol. The van der Waals surface area contributed by atoms with Gasteiger partial charge in [0.05, 0.1) is 18.8 Å². The highest BCUT2D eigenvalue weighted by Gasteiger charge is 2.36. The summed E-state index contributed by atoms with van der Waals surface area (Å²) in [5.41, 5.74) is 5.14. The molecule has 0 aromatic heterocycles. The van der Waals surface area contributed by atoms with Crippen molar-refractivity contribution in [1.82, 2.24) is 0 Å². The summed E-state index contributed by atoms with van der Waals surface area (Å²) in [5, 5.41) is 9.73. The zero-order valence-corrected chi connectivity index (χ0v) is 18.8. The van der Waals surface area contributed by atoms with E-state index in [1.807, 2.05) is 30.3 Å². The molecule has 1 atom stereocenters. The van der Waals surface area contributed by atoms with Crippen LogP contribution < -0.4 is 9.64 Å². The second kappa shape index (κ2) is 8.01. The Hall–Kier alpha value is -2.25. The van der Waals surface area contributed by atoms with Gasteiger partial charge >= 0.3 is 0 Å². The van der Waals surface area contributed by atoms with Crippen LogP contribution >= 0.6 is 15.9 Å². The van der Waals surface area contributed by atoms with E-state index in [0.29, 0.717) is 11.5 Å². The molecule has 0 spiro atoms. The molecule has 146 valence electrons. The van der Waals surface area contributed by atoms with Crippen molar-refractivity contribution < 1.29 is 4.74 Å². The maximum atomic E-state index is 9.73. The van der Waals surface area contributed by atoms with Crippen LogP contribution in [0.2, 0.25) is 0 Å². The van der Waals surface area contributed by atoms with Gasteiger partial charge in [-0.1, -0.05) is 35.0 Å². The summed E-state index contributed by atoms with van der Waals surface area (Å²) < 4.78 is 6.72. The van der Waals surface area contributed by atoms with E-state index in [-0.39, 0.29) is 5.54 Å². The Morgan fingerprint density at radius 1 is 1.32 bits per heavy atom. The lowest BCUT2D eigenvalue weighted by Crippen LogP contribution is -2.48. The van der Waals surface area contributed by atoms with Gasteiger partial charge in [0.15, 0.2) is 0 Å². The Bertz CT molecular complexity index is 938. The molecule has 0 radical (unpaired) electrons. The summed E-state index contributed by atoms with van der Waals surface area (Å²) >= 11 is 3.45. The van der Waals surface area contributed by atoms with Crippen LogP contribution in [0.4, 0.5) is 5.69 Å². The lowest BCUT2D eigenvalue weighted by Gasteiger charge is -2.47. The summed E-state index contributed by atoms with van der Waals surface area (Å²) in [4.78, 5) is 2.46. The van der Waals surface area contributed by atoms with Crippen molar-refractivity contribution in [2.24, 2.45) is 0 Å². The minimum atomic E-state index is 0.110. The Kier molecular flexibility index (Phi) is 5.86. The molecule has 1 aliphatic heterocycles. The van der Waals surface area contributed by atoms with Gasteiger partial charge in [-0.05, 0) is 68.5 Å². The fourth-order valence-electron chi connectivity index (χ4n) is 4.38. The number of hydrogen-bond donors (Lipinski definition) is 0. The summed E-state index contributed by atoms with van der Waals surface area (Å²) in [6.45, 7) is 10.0. The molecule has 0 aliphatic carbocycles. The third-order valence-electron chi connectivity index (χ3n) is 5.63. The van der Waals surface area contributed by atoms with Gasteiger partial charge in [-0.15, -0.1) is 0 Å². The van der Waals surface area contributed by atoms with Crippen molar-refractivity contribution in [2.75, 3.05) is 18.6 Å². The van der Waals surface area contributed by atoms with Gasteiger partial charge in [-0.2, -0.15) is 5.26 Å². The van der Waals surface area contributed by atoms with E-state index in [4.69, 9.17) is 4.74 Å². The zero-order valence-electron chi connectivity index (χ0n) is 17.2. The van der Waals surface area contributed by atoms with Gasteiger partial charge in [0.25, 0.3) is 0 Å². The number of ether oxygens (including phenoxy) is 1. The van der Waals surface area contributed by atoms with Crippen LogP contribution in [-0.4, -0.2) is 19.2 Å². The molecule has 1 heterocycles. The first kappa shape index (κ1) is 20.5. The van der Waals surface area contributed by atoms with E-state index < -0.39 is 0 Å². The smallest absolute Gasteiger partial charge is 0.128 e. The molecule has 0 bridgehead atoms. The molecule has 28 heavy (non-hydrogen) atoms. The Morgan fingerprint density at radius 3 is 2.57 bits per heavy atom. The fourth-order valence-corrected chi connectivity index (χ4v) is 4.64. The summed E-state index contributed by atoms with van der Waals surface area (Å²) in [6.07, 6.45) is 3.03. The van der Waals surface area contributed by atoms with Crippen molar-refractivity contribution >= 4 is 33.3 Å². The van der Waals surface area contributed by atoms with E-state index in [9.17, 15) is 5.26 Å². The number of hydrogen-bond acceptors (Lipinski definition) is 3. The van der Waals surface area contributed by atoms with Gasteiger partial charge in [0.2, 0.25) is 0 Å². The van der Waals surface area contributed by atoms with Crippen LogP contribution in [0.5, 0.6) is 5.75 Å². The predicted octanol–water partition coefficient (Wildman–Crippen LogP) is 6.63. The Balaban J connectivity index is 2.14. The van der Waals surface area contributed by atoms with E-state index in [1.54, 1.807) is 7.11 Å². The number of nitrogens with zero attached hydrogens (tertiary/aromatic N) is 2. The molecule has 2 aromatic rings. The van der Waals surface area contributed by atoms with Crippen LogP contribution in [0, 0.1) is 11.3 Å². The van der Waals surface area contributed by atoms with Gasteiger partial charge < -0.3 is 9.64 Å². The van der Waals surface area contributed by atoms with Crippen molar-refractivity contribution in [2.45, 2.75) is 45.6 Å². The molecule has 0 fully saturated rings. The number of fused-ring (bicyclic) bond motifs is 1. The molecule has 0 amide bonds. The fraction of sp³-hybridized carbons (Fsp3) is 0.375. The molecule has 1 aliphatic rings. The SMILES string of the molecule is CCN1c2cc(OC)c(/C=C(\C#N)c3ccc(Br)cc3)cc2C(C)CC1(C)C. The number of methoxy groups -OCH3 is 1. The number of halogens is 1. The highest BCUT2D eigenvalue weighted by Crippen LogP contribution is 2.46. The van der Waals surface area contributed by atoms with Gasteiger partial charge in [0.1, 0.15) is 5.75 Å². The molecule has 3 nitrogen and oxygen atoms in total. The zero-order chi connectivity index (χ0) is 20.5. The quantitative estimate of drug-likeness (QED) is 0.396. The molecule has 2 aromatic carbocycles. The molecule has 1 unspecified atom stereocenters. The van der Waals surface area contributed by atoms with Crippen LogP contribution in [0.3, 0.4) is 0 Å². The van der Waals surface area contributed by atoms with E-state index in [2.05, 4.69) is 66.7 Å². The molecule has 0 N–H and O–H groups in total. The number of benzene rings is 2. The van der Waals surface area contributed by atoms with Crippen molar-refractivity contribution in [3.05, 3.63) is 57.6 Å². The third kappa shape index (κ3) is 3.82. The van der Waals surface area contributed by atoms with Crippen LogP contribution in [-0.2, 0) is 0 Å². The maximum Gasteiger partial charge on any atom is 0.128 e. The van der Waals surface area contributed by atoms with E-state index >= 15 is 0 Å². The third-order valence-corrected chi connectivity index (χ3v) is 6.16. The summed E-state index contributed by atoms with van der Waals surface area (Å²) in [5.74, 6) is 1.25. The Labute approximate surface area is 176 Å². The molecular weight excluding hydrogens is 412 g/mol. The first-order chi connectivity index (χ1) is 13.3. The van der Waals surface area contributed by atoms with Crippen molar-refractivity contribution in [3.63, 3.8) is 0 Å². The van der Waals surface area contributed by atoms with Crippen molar-refractivity contribution in [3.8, 4) is 11.8 Å². The number of allylic oxidation sites excluding steroid dienone is 1. The van der Waals surface area contributed by atoms with Gasteiger partial charge in [-0.3, -0.25) is 0 Å². The molecule has 0 saturated heterocycles. The average Bonchev–Trinajstić information content (AvgIpc) is 2.66. The van der Waals surface area contributed by atoms with Crippen molar-refractivity contribution in [1.29, 1.82) is 5.26 Å². The molecule has 4 heteroatoms. The van der Waals surface area contributed by atoms with E-state index in [0.717, 1.165) is 34.3 Å². The predicted molar refractivity (Wildman–Crippen MR) is 121 cm³/mol. The lowest BCUT2D eigenvalue weighted by atomic mass is 9.79. The normalized spacial score (nSPS) is 18.4. The highest BCUT2D eigenvalue weighted by molar-refractivity contribution is 9.10. The first-order valence-corrected chi connectivity index (χ1v) is 10.5. The van der Waals surface area contributed by atoms with E-state index in [1.165, 1.54) is 11.3 Å². The minimum absolute atomic E-state index is 0.110. The van der Waals surface area contributed by atoms with Crippen LogP contribution in [0.15, 0.2) is 40.9 Å². The van der Waals surface area contributed by atoms with Gasteiger partial charge in [-0.25, -0.2) is 0 Å². The van der Waals surface area contributed by atoms with Gasteiger partial charge in [0, 0.05) is 33.9 Å². The largest absolute Gasteiger partial charge is 0.496 e. The maximum absolute atomic E-state index is 9.73. The number of rotatable bonds is 4. The molecular formula is C24H27BrN2O. The lowest BCUT2D eigenvalue weighted by molar-refractivity contribution is 0.377. The standard InChI is InChI=1S/C24H27BrN2O/c1-6-27-22-13-23(28-5)18(12-21(22)16(2)14-24(27,3)4)11-19(15-26)17-7-9-20(25)10-8-17/h7-13,16H,6,14H2,1-5H3/b19-11+. The Morgan fingerprint density at radius 2 is 2.00 bits per heavy atom. The minimum Gasteiger partial charge on any atom is -0.496 e. The monoisotopic (exact) mass is 438 g/mol. The topological polar surface area (TPSA) is 36.3 Å². The summed E-state index contributed by atoms with van der Waals surface area (Å²) in [7, 11) is 1.69. The number of nitriles is 1. The molecule has 0 saturated carbocycles. The second-order valence-electron chi connectivity index (χ2n) is 7.99. The first-order valence-electron chi connectivity index (χ1n) is 9.68. The summed E-state index contributed by atoms with van der Waals surface area (Å²) in [6, 6.07) is 14.5.